The van der Waals surface area contributed by atoms with Crippen LogP contribution in [0.2, 0.25) is 0 Å². The first-order valence-corrected chi connectivity index (χ1v) is 10.6. The maximum atomic E-state index is 12.2. The van der Waals surface area contributed by atoms with Gasteiger partial charge in [-0.3, -0.25) is 4.79 Å². The lowest BCUT2D eigenvalue weighted by atomic mass is 9.70. The molecule has 4 rings (SSSR count). The van der Waals surface area contributed by atoms with Crippen LogP contribution in [0.5, 0.6) is 0 Å². The van der Waals surface area contributed by atoms with Crippen molar-refractivity contribution in [3.8, 4) is 0 Å². The summed E-state index contributed by atoms with van der Waals surface area (Å²) in [5, 5.41) is 1.87. The lowest BCUT2D eigenvalue weighted by Gasteiger charge is -2.50. The van der Waals surface area contributed by atoms with Crippen molar-refractivity contribution < 1.29 is 18.0 Å². The zero-order valence-corrected chi connectivity index (χ0v) is 16.7. The summed E-state index contributed by atoms with van der Waals surface area (Å²) in [7, 11) is 0. The first kappa shape index (κ1) is 20.4. The van der Waals surface area contributed by atoms with Crippen LogP contribution >= 0.6 is 0 Å². The van der Waals surface area contributed by atoms with Gasteiger partial charge >= 0.3 is 6.18 Å². The number of piperidine rings is 2. The SMILES string of the molecule is O=C(NCC(F)(F)F)c1ccc(N2CCC3(CC2)CCN(C2CCC2)CC3)nc1. The van der Waals surface area contributed by atoms with Crippen LogP contribution in [0.1, 0.15) is 55.3 Å². The number of halogens is 3. The summed E-state index contributed by atoms with van der Waals surface area (Å²) in [4.78, 5) is 21.1. The van der Waals surface area contributed by atoms with E-state index in [1.54, 1.807) is 12.1 Å². The smallest absolute Gasteiger partial charge is 0.357 e. The van der Waals surface area contributed by atoms with Crippen molar-refractivity contribution in [2.24, 2.45) is 5.41 Å². The van der Waals surface area contributed by atoms with E-state index in [0.29, 0.717) is 5.41 Å². The van der Waals surface area contributed by atoms with Crippen LogP contribution in [0.25, 0.3) is 0 Å². The van der Waals surface area contributed by atoms with Gasteiger partial charge in [-0.05, 0) is 69.2 Å². The summed E-state index contributed by atoms with van der Waals surface area (Å²) in [6.45, 7) is 3.00. The van der Waals surface area contributed by atoms with Crippen LogP contribution in [0, 0.1) is 5.41 Å². The monoisotopic (exact) mass is 410 g/mol. The average Bonchev–Trinajstić information content (AvgIpc) is 2.67. The fourth-order valence-electron chi connectivity index (χ4n) is 4.82. The van der Waals surface area contributed by atoms with Crippen molar-refractivity contribution in [1.82, 2.24) is 15.2 Å². The van der Waals surface area contributed by atoms with Gasteiger partial charge in [-0.15, -0.1) is 0 Å². The molecule has 1 aromatic rings. The van der Waals surface area contributed by atoms with Gasteiger partial charge in [0.15, 0.2) is 0 Å². The number of anilines is 1. The molecular formula is C21H29F3N4O. The fourth-order valence-corrected chi connectivity index (χ4v) is 4.82. The number of nitrogens with zero attached hydrogens (tertiary/aromatic N) is 3. The van der Waals surface area contributed by atoms with Crippen LogP contribution in [0.15, 0.2) is 18.3 Å². The quantitative estimate of drug-likeness (QED) is 0.824. The molecule has 2 saturated heterocycles. The van der Waals surface area contributed by atoms with Crippen molar-refractivity contribution >= 4 is 11.7 Å². The molecule has 2 aliphatic heterocycles. The van der Waals surface area contributed by atoms with Gasteiger partial charge in [0.2, 0.25) is 0 Å². The molecule has 0 unspecified atom stereocenters. The van der Waals surface area contributed by atoms with E-state index < -0.39 is 18.6 Å². The highest BCUT2D eigenvalue weighted by Crippen LogP contribution is 2.43. The van der Waals surface area contributed by atoms with E-state index in [9.17, 15) is 18.0 Å². The van der Waals surface area contributed by atoms with Gasteiger partial charge in [-0.25, -0.2) is 4.98 Å². The molecule has 3 fully saturated rings. The summed E-state index contributed by atoms with van der Waals surface area (Å²) in [6, 6.07) is 4.12. The number of hydrogen-bond acceptors (Lipinski definition) is 4. The van der Waals surface area contributed by atoms with E-state index in [1.807, 2.05) is 5.32 Å². The lowest BCUT2D eigenvalue weighted by Crippen LogP contribution is -2.51. The van der Waals surface area contributed by atoms with Gasteiger partial charge in [-0.2, -0.15) is 13.2 Å². The molecule has 1 aliphatic carbocycles. The molecule has 29 heavy (non-hydrogen) atoms. The first-order valence-electron chi connectivity index (χ1n) is 10.6. The Bertz CT molecular complexity index is 700. The van der Waals surface area contributed by atoms with Gasteiger partial charge in [0, 0.05) is 25.3 Å². The van der Waals surface area contributed by atoms with Crippen LogP contribution < -0.4 is 10.2 Å². The van der Waals surface area contributed by atoms with Gasteiger partial charge in [0.05, 0.1) is 5.56 Å². The van der Waals surface area contributed by atoms with Crippen LogP contribution in [-0.2, 0) is 0 Å². The van der Waals surface area contributed by atoms with E-state index in [1.165, 1.54) is 51.4 Å². The van der Waals surface area contributed by atoms with Crippen molar-refractivity contribution in [2.45, 2.75) is 57.2 Å². The standard InChI is InChI=1S/C21H29F3N4O/c22-21(23,24)15-26-19(29)16-4-5-18(25-14-16)28-12-8-20(9-13-28)6-10-27(11-7-20)17-2-1-3-17/h4-5,14,17H,1-3,6-13,15H2,(H,26,29). The number of nitrogens with one attached hydrogen (secondary N) is 1. The number of alkyl halides is 3. The Balaban J connectivity index is 1.27. The Morgan fingerprint density at radius 2 is 1.76 bits per heavy atom. The zero-order chi connectivity index (χ0) is 20.5. The third-order valence-corrected chi connectivity index (χ3v) is 7.06. The Hall–Kier alpha value is -1.83. The number of hydrogen-bond donors (Lipinski definition) is 1. The molecule has 0 aromatic carbocycles. The highest BCUT2D eigenvalue weighted by atomic mass is 19.4. The third kappa shape index (κ3) is 4.85. The molecule has 8 heteroatoms. The number of likely N-dealkylation sites (tertiary alicyclic amines) is 1. The van der Waals surface area contributed by atoms with Gasteiger partial charge < -0.3 is 15.1 Å². The predicted molar refractivity (Wildman–Crippen MR) is 105 cm³/mol. The normalized spacial score (nSPS) is 23.1. The summed E-state index contributed by atoms with van der Waals surface area (Å²) in [6.07, 6.45) is 5.95. The molecule has 1 spiro atoms. The second-order valence-corrected chi connectivity index (χ2v) is 8.81. The van der Waals surface area contributed by atoms with E-state index in [0.717, 1.165) is 37.8 Å². The molecule has 1 N–H and O–H groups in total. The summed E-state index contributed by atoms with van der Waals surface area (Å²) in [5.74, 6) is 0.0383. The summed E-state index contributed by atoms with van der Waals surface area (Å²) >= 11 is 0. The molecule has 0 radical (unpaired) electrons. The largest absolute Gasteiger partial charge is 0.405 e. The zero-order valence-electron chi connectivity index (χ0n) is 16.7. The van der Waals surface area contributed by atoms with E-state index in [2.05, 4.69) is 14.8 Å². The van der Waals surface area contributed by atoms with Crippen molar-refractivity contribution in [1.29, 1.82) is 0 Å². The van der Waals surface area contributed by atoms with Gasteiger partial charge in [-0.1, -0.05) is 6.42 Å². The molecule has 160 valence electrons. The summed E-state index contributed by atoms with van der Waals surface area (Å²) < 4.78 is 36.7. The van der Waals surface area contributed by atoms with Crippen molar-refractivity contribution in [3.05, 3.63) is 23.9 Å². The summed E-state index contributed by atoms with van der Waals surface area (Å²) in [5.41, 5.74) is 0.601. The van der Waals surface area contributed by atoms with Crippen LogP contribution in [-0.4, -0.2) is 60.7 Å². The highest BCUT2D eigenvalue weighted by Gasteiger charge is 2.39. The molecule has 1 saturated carbocycles. The third-order valence-electron chi connectivity index (χ3n) is 7.06. The first-order chi connectivity index (χ1) is 13.8. The number of pyridine rings is 1. The number of carbonyl (C=O) groups excluding carboxylic acids is 1. The number of rotatable bonds is 4. The molecular weight excluding hydrogens is 381 g/mol. The minimum absolute atomic E-state index is 0.148. The van der Waals surface area contributed by atoms with Gasteiger partial charge in [0.25, 0.3) is 5.91 Å². The highest BCUT2D eigenvalue weighted by molar-refractivity contribution is 5.94. The molecule has 0 atom stereocenters. The predicted octanol–water partition coefficient (Wildman–Crippen LogP) is 3.61. The van der Waals surface area contributed by atoms with Gasteiger partial charge in [0.1, 0.15) is 12.4 Å². The fraction of sp³-hybridized carbons (Fsp3) is 0.714. The van der Waals surface area contributed by atoms with Crippen molar-refractivity contribution in [2.75, 3.05) is 37.6 Å². The van der Waals surface area contributed by atoms with Crippen molar-refractivity contribution in [3.63, 3.8) is 0 Å². The second-order valence-electron chi connectivity index (χ2n) is 8.81. The molecule has 0 bridgehead atoms. The van der Waals surface area contributed by atoms with Crippen LogP contribution in [0.3, 0.4) is 0 Å². The number of aromatic nitrogens is 1. The Morgan fingerprint density at radius 3 is 2.28 bits per heavy atom. The average molecular weight is 410 g/mol. The van der Waals surface area contributed by atoms with E-state index >= 15 is 0 Å². The van der Waals surface area contributed by atoms with Crippen LogP contribution in [0.4, 0.5) is 19.0 Å². The second kappa shape index (κ2) is 8.13. The molecule has 3 aliphatic rings. The maximum absolute atomic E-state index is 12.2. The molecule has 1 aromatic heterocycles. The topological polar surface area (TPSA) is 48.5 Å². The number of carbonyl (C=O) groups is 1. The lowest BCUT2D eigenvalue weighted by molar-refractivity contribution is -0.123. The molecule has 3 heterocycles. The maximum Gasteiger partial charge on any atom is 0.405 e. The Kier molecular flexibility index (Phi) is 5.73. The number of amides is 1. The minimum Gasteiger partial charge on any atom is -0.357 e. The molecule has 5 nitrogen and oxygen atoms in total. The molecule has 1 amide bonds. The Labute approximate surface area is 169 Å². The Morgan fingerprint density at radius 1 is 1.10 bits per heavy atom. The van der Waals surface area contributed by atoms with E-state index in [-0.39, 0.29) is 5.56 Å². The minimum atomic E-state index is -4.42. The van der Waals surface area contributed by atoms with E-state index in [4.69, 9.17) is 0 Å².